The van der Waals surface area contributed by atoms with Crippen molar-refractivity contribution in [2.45, 2.75) is 25.1 Å². The van der Waals surface area contributed by atoms with Crippen LogP contribution in [0.4, 0.5) is 13.2 Å². The quantitative estimate of drug-likeness (QED) is 0.177. The number of nitrogens with zero attached hydrogens (tertiary/aromatic N) is 2. The lowest BCUT2D eigenvalue weighted by Gasteiger charge is -2.29. The van der Waals surface area contributed by atoms with Crippen LogP contribution in [0.15, 0.2) is 103 Å². The Morgan fingerprint density at radius 3 is 2.10 bits per heavy atom. The molecule has 0 radical (unpaired) electrons. The fourth-order valence-corrected chi connectivity index (χ4v) is 4.86. The third-order valence-electron chi connectivity index (χ3n) is 6.47. The van der Waals surface area contributed by atoms with E-state index >= 15 is 0 Å². The zero-order chi connectivity index (χ0) is 27.7. The van der Waals surface area contributed by atoms with Gasteiger partial charge in [0.15, 0.2) is 0 Å². The van der Waals surface area contributed by atoms with Gasteiger partial charge in [-0.15, -0.1) is 0 Å². The van der Waals surface area contributed by atoms with Gasteiger partial charge in [-0.1, -0.05) is 90.5 Å². The van der Waals surface area contributed by atoms with E-state index in [1.165, 1.54) is 6.07 Å². The molecule has 0 N–H and O–H groups in total. The van der Waals surface area contributed by atoms with Crippen LogP contribution >= 0.6 is 11.6 Å². The highest BCUT2D eigenvalue weighted by molar-refractivity contribution is 6.32. The van der Waals surface area contributed by atoms with E-state index in [0.29, 0.717) is 43.0 Å². The van der Waals surface area contributed by atoms with E-state index in [2.05, 4.69) is 35.2 Å². The second-order valence-corrected chi connectivity index (χ2v) is 9.61. The summed E-state index contributed by atoms with van der Waals surface area (Å²) >= 11 is 6.28. The summed E-state index contributed by atoms with van der Waals surface area (Å²) in [5, 5.41) is 8.85. The van der Waals surface area contributed by atoms with Crippen molar-refractivity contribution in [1.82, 2.24) is 4.90 Å². The van der Waals surface area contributed by atoms with Gasteiger partial charge in [0, 0.05) is 25.6 Å². The predicted octanol–water partition coefficient (Wildman–Crippen LogP) is 8.33. The van der Waals surface area contributed by atoms with E-state index < -0.39 is 11.7 Å². The Kier molecular flexibility index (Phi) is 9.64. The number of hydrogen-bond acceptors (Lipinski definition) is 3. The van der Waals surface area contributed by atoms with Gasteiger partial charge in [-0.05, 0) is 47.4 Å². The molecule has 0 saturated carbocycles. The van der Waals surface area contributed by atoms with Crippen molar-refractivity contribution in [3.05, 3.63) is 136 Å². The summed E-state index contributed by atoms with van der Waals surface area (Å²) in [4.78, 5) is 2.13. The van der Waals surface area contributed by atoms with E-state index in [9.17, 15) is 13.2 Å². The first kappa shape index (κ1) is 28.2. The number of ether oxygens (including phenoxy) is 1. The van der Waals surface area contributed by atoms with Gasteiger partial charge in [-0.2, -0.15) is 18.4 Å². The maximum Gasteiger partial charge on any atom is 0.417 e. The van der Waals surface area contributed by atoms with Crippen molar-refractivity contribution in [2.24, 2.45) is 0 Å². The molecular formula is C32H28ClF3N2O. The van der Waals surface area contributed by atoms with Crippen LogP contribution in [0, 0.1) is 11.3 Å². The molecule has 0 spiro atoms. The molecule has 0 unspecified atom stereocenters. The van der Waals surface area contributed by atoms with Crippen LogP contribution in [0.2, 0.25) is 5.02 Å². The maximum absolute atomic E-state index is 13.5. The van der Waals surface area contributed by atoms with E-state index in [-0.39, 0.29) is 17.5 Å². The van der Waals surface area contributed by atoms with Crippen LogP contribution in [0.5, 0.6) is 5.75 Å². The minimum Gasteiger partial charge on any atom is -0.494 e. The van der Waals surface area contributed by atoms with Crippen molar-refractivity contribution in [3.63, 3.8) is 0 Å². The number of benzene rings is 4. The van der Waals surface area contributed by atoms with Gasteiger partial charge in [-0.25, -0.2) is 0 Å². The fraction of sp³-hybridized carbons (Fsp3) is 0.219. The molecule has 0 aromatic heterocycles. The minimum absolute atomic E-state index is 0.00482. The molecule has 39 heavy (non-hydrogen) atoms. The third kappa shape index (κ3) is 7.86. The molecule has 0 fully saturated rings. The van der Waals surface area contributed by atoms with Crippen LogP contribution in [0.1, 0.15) is 40.2 Å². The summed E-state index contributed by atoms with van der Waals surface area (Å²) in [6.45, 7) is 1.79. The average molecular weight is 549 g/mol. The van der Waals surface area contributed by atoms with E-state index in [4.69, 9.17) is 21.6 Å². The van der Waals surface area contributed by atoms with Gasteiger partial charge in [0.25, 0.3) is 0 Å². The molecule has 0 aliphatic carbocycles. The molecule has 3 nitrogen and oxygen atoms in total. The molecule has 200 valence electrons. The van der Waals surface area contributed by atoms with Gasteiger partial charge < -0.3 is 4.74 Å². The first-order valence-electron chi connectivity index (χ1n) is 12.6. The lowest BCUT2D eigenvalue weighted by atomic mass is 9.90. The van der Waals surface area contributed by atoms with Crippen LogP contribution in [-0.2, 0) is 12.7 Å². The van der Waals surface area contributed by atoms with Crippen LogP contribution in [0.3, 0.4) is 0 Å². The Bertz CT molecular complexity index is 1350. The topological polar surface area (TPSA) is 36.3 Å². The molecule has 0 saturated heterocycles. The first-order valence-corrected chi connectivity index (χ1v) is 13.0. The predicted molar refractivity (Wildman–Crippen MR) is 148 cm³/mol. The second-order valence-electron chi connectivity index (χ2n) is 9.23. The summed E-state index contributed by atoms with van der Waals surface area (Å²) in [6, 6.07) is 33.3. The summed E-state index contributed by atoms with van der Waals surface area (Å²) in [5.41, 5.74) is 2.35. The van der Waals surface area contributed by atoms with Crippen molar-refractivity contribution in [3.8, 4) is 11.8 Å². The normalized spacial score (nSPS) is 11.5. The molecule has 0 bridgehead atoms. The Labute approximate surface area is 232 Å². The molecule has 0 atom stereocenters. The van der Waals surface area contributed by atoms with Gasteiger partial charge in [0.2, 0.25) is 0 Å². The Balaban J connectivity index is 1.57. The lowest BCUT2D eigenvalue weighted by Crippen LogP contribution is -2.31. The number of alkyl halides is 3. The SMILES string of the molecule is N#Cc1cccc(OCCCN(Cc2cccc(C(F)(F)F)c2Cl)CC(c2ccccc2)c2ccccc2)c1. The molecule has 0 aliphatic heterocycles. The minimum atomic E-state index is -4.53. The summed E-state index contributed by atoms with van der Waals surface area (Å²) in [6.07, 6.45) is -3.90. The van der Waals surface area contributed by atoms with Crippen molar-refractivity contribution in [1.29, 1.82) is 5.26 Å². The van der Waals surface area contributed by atoms with Crippen LogP contribution < -0.4 is 4.74 Å². The number of halogens is 4. The van der Waals surface area contributed by atoms with Crippen LogP contribution in [-0.4, -0.2) is 24.6 Å². The highest BCUT2D eigenvalue weighted by Gasteiger charge is 2.34. The number of hydrogen-bond donors (Lipinski definition) is 0. The Hall–Kier alpha value is -3.79. The fourth-order valence-electron chi connectivity index (χ4n) is 4.56. The zero-order valence-corrected chi connectivity index (χ0v) is 22.0. The number of rotatable bonds is 11. The smallest absolute Gasteiger partial charge is 0.417 e. The first-order chi connectivity index (χ1) is 18.8. The van der Waals surface area contributed by atoms with Crippen LogP contribution in [0.25, 0.3) is 0 Å². The van der Waals surface area contributed by atoms with E-state index in [1.807, 2.05) is 36.4 Å². The molecule has 0 heterocycles. The van der Waals surface area contributed by atoms with Crippen molar-refractivity contribution in [2.75, 3.05) is 19.7 Å². The summed E-state index contributed by atoms with van der Waals surface area (Å²) in [7, 11) is 0. The number of nitriles is 1. The molecule has 4 aromatic carbocycles. The lowest BCUT2D eigenvalue weighted by molar-refractivity contribution is -0.137. The molecule has 7 heteroatoms. The standard InChI is InChI=1S/C32H28ClF3N2O/c33-31-27(15-8-17-30(31)32(34,35)36)22-38(18-9-19-39-28-16-7-10-24(20-28)21-37)23-29(25-11-3-1-4-12-25)26-13-5-2-6-14-26/h1-8,10-17,20,29H,9,18-19,22-23H2. The van der Waals surface area contributed by atoms with Crippen molar-refractivity contribution >= 4 is 11.6 Å². The average Bonchev–Trinajstić information content (AvgIpc) is 2.95. The molecule has 4 aromatic rings. The highest BCUT2D eigenvalue weighted by Crippen LogP contribution is 2.37. The maximum atomic E-state index is 13.5. The van der Waals surface area contributed by atoms with Crippen molar-refractivity contribution < 1.29 is 17.9 Å². The molecule has 4 rings (SSSR count). The summed E-state index contributed by atoms with van der Waals surface area (Å²) in [5.74, 6) is 0.609. The molecule has 0 aliphatic rings. The Morgan fingerprint density at radius 1 is 0.846 bits per heavy atom. The van der Waals surface area contributed by atoms with E-state index in [1.54, 1.807) is 30.3 Å². The molecule has 0 amide bonds. The molecular weight excluding hydrogens is 521 g/mol. The largest absolute Gasteiger partial charge is 0.494 e. The van der Waals surface area contributed by atoms with Gasteiger partial charge >= 0.3 is 6.18 Å². The second kappa shape index (κ2) is 13.3. The summed E-state index contributed by atoms with van der Waals surface area (Å²) < 4.78 is 46.5. The zero-order valence-electron chi connectivity index (χ0n) is 21.2. The third-order valence-corrected chi connectivity index (χ3v) is 6.92. The van der Waals surface area contributed by atoms with E-state index in [0.717, 1.165) is 17.2 Å². The highest BCUT2D eigenvalue weighted by atomic mass is 35.5. The van der Waals surface area contributed by atoms with Gasteiger partial charge in [0.1, 0.15) is 5.75 Å². The van der Waals surface area contributed by atoms with Gasteiger partial charge in [0.05, 0.1) is 28.8 Å². The monoisotopic (exact) mass is 548 g/mol. The Morgan fingerprint density at radius 2 is 1.49 bits per heavy atom. The van der Waals surface area contributed by atoms with Gasteiger partial charge in [-0.3, -0.25) is 4.90 Å².